The minimum atomic E-state index is -0.557. The van der Waals surface area contributed by atoms with E-state index in [0.29, 0.717) is 29.7 Å². The summed E-state index contributed by atoms with van der Waals surface area (Å²) in [4.78, 5) is 11.7. The second-order valence-corrected chi connectivity index (χ2v) is 7.22. The van der Waals surface area contributed by atoms with Crippen LogP contribution in [0.4, 0.5) is 4.39 Å². The second kappa shape index (κ2) is 7.85. The average Bonchev–Trinajstić information content (AvgIpc) is 3.04. The Labute approximate surface area is 154 Å². The first-order valence-corrected chi connectivity index (χ1v) is 9.21. The first-order valence-electron chi connectivity index (χ1n) is 8.41. The second-order valence-electron chi connectivity index (χ2n) is 6.36. The molecule has 25 heavy (non-hydrogen) atoms. The Morgan fingerprint density at radius 2 is 2.08 bits per heavy atom. The molecule has 1 aliphatic rings. The van der Waals surface area contributed by atoms with Crippen molar-refractivity contribution in [3.05, 3.63) is 34.2 Å². The number of carbonyl (C=O) groups is 1. The van der Waals surface area contributed by atoms with Gasteiger partial charge in [-0.05, 0) is 53.7 Å². The van der Waals surface area contributed by atoms with Gasteiger partial charge in [0.25, 0.3) is 0 Å². The number of halogens is 2. The van der Waals surface area contributed by atoms with Crippen molar-refractivity contribution in [3.63, 3.8) is 0 Å². The molecule has 0 saturated heterocycles. The predicted molar refractivity (Wildman–Crippen MR) is 97.2 cm³/mol. The molecule has 3 rings (SSSR count). The number of carbonyl (C=O) groups excluding carboxylic acids is 1. The lowest BCUT2D eigenvalue weighted by Gasteiger charge is -2.30. The number of benzene rings is 1. The molecule has 2 N–H and O–H groups in total. The van der Waals surface area contributed by atoms with Crippen LogP contribution in [0.3, 0.4) is 0 Å². The quantitative estimate of drug-likeness (QED) is 0.733. The Kier molecular flexibility index (Phi) is 5.76. The number of nitrogens with two attached hydrogens (primary N) is 1. The molecule has 5 nitrogen and oxygen atoms in total. The molecule has 1 amide bonds. The van der Waals surface area contributed by atoms with E-state index in [1.54, 1.807) is 13.2 Å². The SMILES string of the molecule is COCCOC1CCC(n2ccc3c(C(N)=O)cc(Br)c(F)c32)CC1. The standard InChI is InChI=1S/C18H22BrFN2O3/c1-24-8-9-25-12-4-2-11(3-5-12)22-7-6-13-14(18(21)23)10-15(19)16(20)17(13)22/h6-7,10-12H,2-5,8-9H2,1H3,(H2,21,23). The summed E-state index contributed by atoms with van der Waals surface area (Å²) < 4.78 is 27.7. The molecule has 0 spiro atoms. The van der Waals surface area contributed by atoms with Gasteiger partial charge in [0.15, 0.2) is 5.82 Å². The van der Waals surface area contributed by atoms with E-state index in [9.17, 15) is 9.18 Å². The van der Waals surface area contributed by atoms with Gasteiger partial charge in [0.05, 0.1) is 29.3 Å². The van der Waals surface area contributed by atoms with Gasteiger partial charge in [-0.1, -0.05) is 0 Å². The van der Waals surface area contributed by atoms with Crippen LogP contribution in [-0.2, 0) is 9.47 Å². The summed E-state index contributed by atoms with van der Waals surface area (Å²) in [5, 5.41) is 0.562. The zero-order valence-corrected chi connectivity index (χ0v) is 15.7. The van der Waals surface area contributed by atoms with Gasteiger partial charge in [-0.25, -0.2) is 4.39 Å². The summed E-state index contributed by atoms with van der Waals surface area (Å²) in [5.74, 6) is -0.915. The molecular weight excluding hydrogens is 391 g/mol. The van der Waals surface area contributed by atoms with Crippen LogP contribution in [0.25, 0.3) is 10.9 Å². The first-order chi connectivity index (χ1) is 12.0. The van der Waals surface area contributed by atoms with Crippen molar-refractivity contribution in [2.45, 2.75) is 37.8 Å². The summed E-state index contributed by atoms with van der Waals surface area (Å²) >= 11 is 3.20. The van der Waals surface area contributed by atoms with Crippen molar-refractivity contribution >= 4 is 32.7 Å². The van der Waals surface area contributed by atoms with Crippen molar-refractivity contribution in [3.8, 4) is 0 Å². The summed E-state index contributed by atoms with van der Waals surface area (Å²) in [7, 11) is 1.66. The van der Waals surface area contributed by atoms with E-state index in [-0.39, 0.29) is 22.4 Å². The van der Waals surface area contributed by atoms with E-state index in [1.165, 1.54) is 6.07 Å². The molecule has 0 unspecified atom stereocenters. The molecule has 7 heteroatoms. The van der Waals surface area contributed by atoms with Crippen LogP contribution in [0.15, 0.2) is 22.8 Å². The summed E-state index contributed by atoms with van der Waals surface area (Å²) in [6.07, 6.45) is 5.73. The number of nitrogens with zero attached hydrogens (tertiary/aromatic N) is 1. The average molecular weight is 413 g/mol. The van der Waals surface area contributed by atoms with Crippen molar-refractivity contribution in [2.24, 2.45) is 5.73 Å². The highest BCUT2D eigenvalue weighted by Gasteiger charge is 2.26. The van der Waals surface area contributed by atoms with Gasteiger partial charge in [-0.15, -0.1) is 0 Å². The third-order valence-electron chi connectivity index (χ3n) is 4.84. The van der Waals surface area contributed by atoms with Gasteiger partial charge in [0.1, 0.15) is 0 Å². The van der Waals surface area contributed by atoms with Crippen LogP contribution in [-0.4, -0.2) is 36.9 Å². The van der Waals surface area contributed by atoms with Gasteiger partial charge < -0.3 is 19.8 Å². The first kappa shape index (κ1) is 18.4. The van der Waals surface area contributed by atoms with Crippen LogP contribution in [0.5, 0.6) is 0 Å². The van der Waals surface area contributed by atoms with E-state index < -0.39 is 5.91 Å². The number of methoxy groups -OCH3 is 1. The van der Waals surface area contributed by atoms with E-state index in [1.807, 2.05) is 10.8 Å². The fraction of sp³-hybridized carbons (Fsp3) is 0.500. The summed E-state index contributed by atoms with van der Waals surface area (Å²) in [6.45, 7) is 1.19. The fourth-order valence-electron chi connectivity index (χ4n) is 3.57. The van der Waals surface area contributed by atoms with Crippen LogP contribution < -0.4 is 5.73 Å². The number of primary amides is 1. The van der Waals surface area contributed by atoms with Crippen LogP contribution in [0.2, 0.25) is 0 Å². The maximum Gasteiger partial charge on any atom is 0.249 e. The third kappa shape index (κ3) is 3.73. The molecule has 0 bridgehead atoms. The number of ether oxygens (including phenoxy) is 2. The Morgan fingerprint density at radius 1 is 1.36 bits per heavy atom. The minimum Gasteiger partial charge on any atom is -0.382 e. The van der Waals surface area contributed by atoms with Crippen LogP contribution in [0, 0.1) is 5.82 Å². The predicted octanol–water partition coefficient (Wildman–Crippen LogP) is 3.79. The summed E-state index contributed by atoms with van der Waals surface area (Å²) in [6, 6.07) is 3.40. The van der Waals surface area contributed by atoms with Crippen molar-refractivity contribution < 1.29 is 18.7 Å². The number of amides is 1. The highest BCUT2D eigenvalue weighted by molar-refractivity contribution is 9.10. The lowest BCUT2D eigenvalue weighted by Crippen LogP contribution is -2.24. The topological polar surface area (TPSA) is 66.5 Å². The van der Waals surface area contributed by atoms with Crippen molar-refractivity contribution in [1.29, 1.82) is 0 Å². The Morgan fingerprint density at radius 3 is 2.72 bits per heavy atom. The fourth-order valence-corrected chi connectivity index (χ4v) is 3.99. The summed E-state index contributed by atoms with van der Waals surface area (Å²) in [5.41, 5.74) is 6.21. The molecule has 136 valence electrons. The largest absolute Gasteiger partial charge is 0.382 e. The monoisotopic (exact) mass is 412 g/mol. The maximum absolute atomic E-state index is 14.7. The zero-order valence-electron chi connectivity index (χ0n) is 14.1. The van der Waals surface area contributed by atoms with Gasteiger partial charge in [-0.3, -0.25) is 4.79 Å². The van der Waals surface area contributed by atoms with Crippen LogP contribution >= 0.6 is 15.9 Å². The van der Waals surface area contributed by atoms with Crippen molar-refractivity contribution in [2.75, 3.05) is 20.3 Å². The van der Waals surface area contributed by atoms with Crippen LogP contribution in [0.1, 0.15) is 42.1 Å². The molecule has 1 fully saturated rings. The normalized spacial score (nSPS) is 20.9. The minimum absolute atomic E-state index is 0.185. The Bertz CT molecular complexity index is 769. The number of aromatic nitrogens is 1. The molecule has 1 aromatic heterocycles. The van der Waals surface area contributed by atoms with Gasteiger partial charge >= 0.3 is 0 Å². The molecular formula is C18H22BrFN2O3. The van der Waals surface area contributed by atoms with Crippen molar-refractivity contribution in [1.82, 2.24) is 4.57 Å². The van der Waals surface area contributed by atoms with E-state index in [0.717, 1.165) is 25.7 Å². The maximum atomic E-state index is 14.7. The lowest BCUT2D eigenvalue weighted by atomic mass is 9.92. The third-order valence-corrected chi connectivity index (χ3v) is 5.41. The smallest absolute Gasteiger partial charge is 0.249 e. The van der Waals surface area contributed by atoms with E-state index in [4.69, 9.17) is 15.2 Å². The number of hydrogen-bond acceptors (Lipinski definition) is 3. The molecule has 1 heterocycles. The molecule has 0 aliphatic heterocycles. The van der Waals surface area contributed by atoms with E-state index in [2.05, 4.69) is 15.9 Å². The molecule has 1 aliphatic carbocycles. The highest BCUT2D eigenvalue weighted by atomic mass is 79.9. The number of hydrogen-bond donors (Lipinski definition) is 1. The molecule has 1 aromatic carbocycles. The molecule has 2 aromatic rings. The Balaban J connectivity index is 1.82. The molecule has 1 saturated carbocycles. The van der Waals surface area contributed by atoms with Gasteiger partial charge in [0.2, 0.25) is 5.91 Å². The number of rotatable bonds is 6. The Hall–Kier alpha value is -1.44. The van der Waals surface area contributed by atoms with E-state index >= 15 is 0 Å². The van der Waals surface area contributed by atoms with Gasteiger partial charge in [0, 0.05) is 30.3 Å². The zero-order chi connectivity index (χ0) is 18.0. The molecule has 0 atom stereocenters. The lowest BCUT2D eigenvalue weighted by molar-refractivity contribution is -0.00621. The molecule has 0 radical (unpaired) electrons. The highest BCUT2D eigenvalue weighted by Crippen LogP contribution is 2.36. The number of fused-ring (bicyclic) bond motifs is 1. The van der Waals surface area contributed by atoms with Gasteiger partial charge in [-0.2, -0.15) is 0 Å².